The number of nitrogens with two attached hydrogens (primary N) is 1. The fraction of sp³-hybridized carbons (Fsp3) is 0.588. The number of nitrogens with zero attached hydrogens (tertiary/aromatic N) is 1. The van der Waals surface area contributed by atoms with E-state index in [9.17, 15) is 4.79 Å². The fourth-order valence-electron chi connectivity index (χ4n) is 2.63. The maximum Gasteiger partial charge on any atom is 0.257 e. The number of carbonyl (C=O) groups is 1. The summed E-state index contributed by atoms with van der Waals surface area (Å²) >= 11 is 6.05. The van der Waals surface area contributed by atoms with Crippen molar-refractivity contribution in [2.45, 2.75) is 32.8 Å². The number of anilines is 1. The van der Waals surface area contributed by atoms with Gasteiger partial charge in [0.25, 0.3) is 5.91 Å². The SMILES string of the molecule is COc1cc(N)c(Cl)cc1C(=O)N1CCC(OCC(C)C)CC1. The summed E-state index contributed by atoms with van der Waals surface area (Å²) in [6.45, 7) is 6.38. The van der Waals surface area contributed by atoms with E-state index in [1.54, 1.807) is 12.1 Å². The van der Waals surface area contributed by atoms with Crippen LogP contribution in [0.2, 0.25) is 5.02 Å². The molecule has 6 heteroatoms. The van der Waals surface area contributed by atoms with Crippen molar-refractivity contribution < 1.29 is 14.3 Å². The van der Waals surface area contributed by atoms with Crippen LogP contribution in [0.25, 0.3) is 0 Å². The summed E-state index contributed by atoms with van der Waals surface area (Å²) in [7, 11) is 1.52. The number of carbonyl (C=O) groups excluding carboxylic acids is 1. The number of hydrogen-bond donors (Lipinski definition) is 1. The third kappa shape index (κ3) is 4.52. The van der Waals surface area contributed by atoms with E-state index < -0.39 is 0 Å². The van der Waals surface area contributed by atoms with Gasteiger partial charge in [-0.15, -0.1) is 0 Å². The molecule has 1 aromatic carbocycles. The molecule has 0 spiro atoms. The van der Waals surface area contributed by atoms with E-state index in [0.29, 0.717) is 41.0 Å². The van der Waals surface area contributed by atoms with Gasteiger partial charge in [0.2, 0.25) is 0 Å². The van der Waals surface area contributed by atoms with Gasteiger partial charge in [0, 0.05) is 25.8 Å². The molecule has 0 bridgehead atoms. The molecule has 2 N–H and O–H groups in total. The predicted octanol–water partition coefficient (Wildman–Crippen LogP) is 3.21. The summed E-state index contributed by atoms with van der Waals surface area (Å²) in [5.41, 5.74) is 6.62. The Morgan fingerprint density at radius 1 is 1.39 bits per heavy atom. The first-order valence-electron chi connectivity index (χ1n) is 7.96. The van der Waals surface area contributed by atoms with Gasteiger partial charge < -0.3 is 20.1 Å². The first-order chi connectivity index (χ1) is 10.9. The monoisotopic (exact) mass is 340 g/mol. The average Bonchev–Trinajstić information content (AvgIpc) is 2.54. The Balaban J connectivity index is 2.01. The molecule has 2 rings (SSSR count). The third-order valence-electron chi connectivity index (χ3n) is 3.94. The second kappa shape index (κ2) is 7.88. The quantitative estimate of drug-likeness (QED) is 0.836. The second-order valence-corrected chi connectivity index (χ2v) is 6.70. The Kier molecular flexibility index (Phi) is 6.13. The van der Waals surface area contributed by atoms with Crippen LogP contribution in [0.15, 0.2) is 12.1 Å². The number of ether oxygens (including phenoxy) is 2. The van der Waals surface area contributed by atoms with Gasteiger partial charge in [-0.1, -0.05) is 25.4 Å². The van der Waals surface area contributed by atoms with E-state index in [0.717, 1.165) is 19.4 Å². The van der Waals surface area contributed by atoms with Crippen molar-refractivity contribution in [2.75, 3.05) is 32.5 Å². The minimum absolute atomic E-state index is 0.0777. The lowest BCUT2D eigenvalue weighted by atomic mass is 10.1. The predicted molar refractivity (Wildman–Crippen MR) is 92.1 cm³/mol. The molecule has 0 atom stereocenters. The lowest BCUT2D eigenvalue weighted by Gasteiger charge is -2.32. The van der Waals surface area contributed by atoms with Crippen LogP contribution in [0.4, 0.5) is 5.69 Å². The number of amides is 1. The first kappa shape index (κ1) is 17.9. The molecule has 1 amide bonds. The summed E-state index contributed by atoms with van der Waals surface area (Å²) in [6.07, 6.45) is 1.94. The molecule has 1 aliphatic rings. The van der Waals surface area contributed by atoms with Gasteiger partial charge in [0.15, 0.2) is 0 Å². The zero-order valence-corrected chi connectivity index (χ0v) is 14.7. The number of likely N-dealkylation sites (tertiary alicyclic amines) is 1. The van der Waals surface area contributed by atoms with E-state index >= 15 is 0 Å². The molecule has 1 heterocycles. The zero-order valence-electron chi connectivity index (χ0n) is 14.0. The van der Waals surface area contributed by atoms with Crippen molar-refractivity contribution in [1.82, 2.24) is 4.90 Å². The molecule has 1 fully saturated rings. The molecule has 23 heavy (non-hydrogen) atoms. The third-order valence-corrected chi connectivity index (χ3v) is 4.27. The van der Waals surface area contributed by atoms with Crippen LogP contribution in [0.3, 0.4) is 0 Å². The van der Waals surface area contributed by atoms with Crippen LogP contribution in [0, 0.1) is 5.92 Å². The van der Waals surface area contributed by atoms with Crippen molar-refractivity contribution >= 4 is 23.2 Å². The number of nitrogen functional groups attached to an aromatic ring is 1. The van der Waals surface area contributed by atoms with Crippen LogP contribution in [0.1, 0.15) is 37.0 Å². The highest BCUT2D eigenvalue weighted by Gasteiger charge is 2.26. The molecule has 0 saturated carbocycles. The van der Waals surface area contributed by atoms with Gasteiger partial charge in [-0.25, -0.2) is 0 Å². The number of hydrogen-bond acceptors (Lipinski definition) is 4. The smallest absolute Gasteiger partial charge is 0.257 e. The molecule has 0 unspecified atom stereocenters. The molecule has 128 valence electrons. The maximum atomic E-state index is 12.7. The van der Waals surface area contributed by atoms with Crippen molar-refractivity contribution in [2.24, 2.45) is 5.92 Å². The number of halogens is 1. The van der Waals surface area contributed by atoms with Crippen molar-refractivity contribution in [1.29, 1.82) is 0 Å². The number of piperidine rings is 1. The normalized spacial score (nSPS) is 16.0. The van der Waals surface area contributed by atoms with Crippen LogP contribution in [-0.4, -0.2) is 43.7 Å². The van der Waals surface area contributed by atoms with Crippen LogP contribution in [-0.2, 0) is 4.74 Å². The summed E-state index contributed by atoms with van der Waals surface area (Å²) in [4.78, 5) is 14.5. The minimum Gasteiger partial charge on any atom is -0.496 e. The molecule has 1 aromatic rings. The summed E-state index contributed by atoms with van der Waals surface area (Å²) in [6, 6.07) is 3.17. The van der Waals surface area contributed by atoms with E-state index in [4.69, 9.17) is 26.8 Å². The number of rotatable bonds is 5. The molecule has 0 radical (unpaired) electrons. The lowest BCUT2D eigenvalue weighted by Crippen LogP contribution is -2.41. The molecule has 0 aliphatic carbocycles. The van der Waals surface area contributed by atoms with Gasteiger partial charge in [-0.3, -0.25) is 4.79 Å². The van der Waals surface area contributed by atoms with E-state index in [1.807, 2.05) is 4.90 Å². The number of benzene rings is 1. The molecular formula is C17H25ClN2O3. The Hall–Kier alpha value is -1.46. The van der Waals surface area contributed by atoms with E-state index in [1.165, 1.54) is 7.11 Å². The highest BCUT2D eigenvalue weighted by atomic mass is 35.5. The van der Waals surface area contributed by atoms with Crippen LogP contribution in [0.5, 0.6) is 5.75 Å². The highest BCUT2D eigenvalue weighted by Crippen LogP contribution is 2.30. The zero-order chi connectivity index (χ0) is 17.0. The average molecular weight is 341 g/mol. The summed E-state index contributed by atoms with van der Waals surface area (Å²) < 4.78 is 11.1. The van der Waals surface area contributed by atoms with Crippen LogP contribution < -0.4 is 10.5 Å². The molecule has 0 aromatic heterocycles. The van der Waals surface area contributed by atoms with Crippen molar-refractivity contribution in [3.63, 3.8) is 0 Å². The maximum absolute atomic E-state index is 12.7. The molecule has 1 saturated heterocycles. The van der Waals surface area contributed by atoms with Crippen molar-refractivity contribution in [3.8, 4) is 5.75 Å². The highest BCUT2D eigenvalue weighted by molar-refractivity contribution is 6.33. The Morgan fingerprint density at radius 3 is 2.61 bits per heavy atom. The van der Waals surface area contributed by atoms with Gasteiger partial charge in [-0.05, 0) is 24.8 Å². The second-order valence-electron chi connectivity index (χ2n) is 6.29. The standard InChI is InChI=1S/C17H25ClN2O3/c1-11(2)10-23-12-4-6-20(7-5-12)17(21)13-8-14(18)15(19)9-16(13)22-3/h8-9,11-12H,4-7,10,19H2,1-3H3. The summed E-state index contributed by atoms with van der Waals surface area (Å²) in [5, 5.41) is 0.365. The van der Waals surface area contributed by atoms with Gasteiger partial charge in [0.1, 0.15) is 5.75 Å². The minimum atomic E-state index is -0.0777. The lowest BCUT2D eigenvalue weighted by molar-refractivity contribution is -0.00236. The largest absolute Gasteiger partial charge is 0.496 e. The Morgan fingerprint density at radius 2 is 2.04 bits per heavy atom. The van der Waals surface area contributed by atoms with Crippen molar-refractivity contribution in [3.05, 3.63) is 22.7 Å². The van der Waals surface area contributed by atoms with Gasteiger partial charge in [-0.2, -0.15) is 0 Å². The van der Waals surface area contributed by atoms with Gasteiger partial charge in [0.05, 0.1) is 29.5 Å². The molecule has 5 nitrogen and oxygen atoms in total. The van der Waals surface area contributed by atoms with Crippen LogP contribution >= 0.6 is 11.6 Å². The van der Waals surface area contributed by atoms with Gasteiger partial charge >= 0.3 is 0 Å². The summed E-state index contributed by atoms with van der Waals surface area (Å²) in [5.74, 6) is 0.900. The van der Waals surface area contributed by atoms with E-state index in [2.05, 4.69) is 13.8 Å². The Labute approximate surface area is 142 Å². The van der Waals surface area contributed by atoms with E-state index in [-0.39, 0.29) is 12.0 Å². The fourth-order valence-corrected chi connectivity index (χ4v) is 2.79. The first-order valence-corrected chi connectivity index (χ1v) is 8.34. The molecule has 1 aliphatic heterocycles. The molecular weight excluding hydrogens is 316 g/mol. The Bertz CT molecular complexity index is 555. The topological polar surface area (TPSA) is 64.8 Å². The number of methoxy groups -OCH3 is 1.